The fourth-order valence-corrected chi connectivity index (χ4v) is 3.66. The second-order valence-electron chi connectivity index (χ2n) is 5.42. The lowest BCUT2D eigenvalue weighted by molar-refractivity contribution is -0.271. The van der Waals surface area contributed by atoms with Crippen LogP contribution >= 0.6 is 34.2 Å². The summed E-state index contributed by atoms with van der Waals surface area (Å²) >= 11 is 8.13. The molecule has 1 aromatic heterocycles. The molecule has 4 N–H and O–H groups in total. The van der Waals surface area contributed by atoms with Gasteiger partial charge < -0.3 is 29.9 Å². The number of hydrogen-bond acceptors (Lipinski definition) is 7. The van der Waals surface area contributed by atoms with Crippen LogP contribution in [0.4, 0.5) is 0 Å². The van der Waals surface area contributed by atoms with E-state index in [1.54, 1.807) is 18.2 Å². The van der Waals surface area contributed by atoms with Gasteiger partial charge in [0.15, 0.2) is 11.9 Å². The van der Waals surface area contributed by atoms with Crippen molar-refractivity contribution in [1.29, 1.82) is 0 Å². The van der Waals surface area contributed by atoms with E-state index in [0.717, 1.165) is 0 Å². The number of aliphatic hydroxyl groups excluding tert-OH is 3. The lowest BCUT2D eigenvalue weighted by Gasteiger charge is -2.38. The molecular weight excluding hydrogens is 469 g/mol. The minimum absolute atomic E-state index is 0.220. The first-order valence-corrected chi connectivity index (χ1v) is 8.58. The number of aliphatic hydroxyl groups is 3. The van der Waals surface area contributed by atoms with Crippen molar-refractivity contribution < 1.29 is 34.7 Å². The van der Waals surface area contributed by atoms with Crippen LogP contribution in [0.2, 0.25) is 5.02 Å². The molecule has 8 nitrogen and oxygen atoms in total. The molecule has 10 heteroatoms. The Balaban J connectivity index is 1.99. The van der Waals surface area contributed by atoms with Gasteiger partial charge in [0, 0.05) is 11.6 Å². The molecule has 1 aromatic carbocycles. The van der Waals surface area contributed by atoms with Crippen LogP contribution in [0.3, 0.4) is 0 Å². The van der Waals surface area contributed by atoms with Crippen LogP contribution in [0.15, 0.2) is 24.4 Å². The van der Waals surface area contributed by atoms with Crippen molar-refractivity contribution in [2.75, 3.05) is 0 Å². The number of hydrogen-bond donors (Lipinski definition) is 4. The number of ether oxygens (including phenoxy) is 2. The lowest BCUT2D eigenvalue weighted by atomic mass is 9.99. The van der Waals surface area contributed by atoms with Crippen molar-refractivity contribution in [2.45, 2.75) is 30.7 Å². The van der Waals surface area contributed by atoms with E-state index < -0.39 is 36.7 Å². The van der Waals surface area contributed by atoms with Crippen molar-refractivity contribution in [3.05, 3.63) is 33.0 Å². The summed E-state index contributed by atoms with van der Waals surface area (Å²) in [6.07, 6.45) is -6.92. The average Bonchev–Trinajstić information content (AvgIpc) is 2.58. The third-order valence-corrected chi connectivity index (χ3v) is 4.91. The summed E-state index contributed by atoms with van der Waals surface area (Å²) in [6.45, 7) is 0. The summed E-state index contributed by atoms with van der Waals surface area (Å²) in [6, 6.07) is 5.04. The average molecular weight is 482 g/mol. The standard InChI is InChI=1S/C15H13ClINO7/c16-6-4-7(17)12(8-5(6)2-1-3-18-8)24-15-11(21)9(19)10(20)13(25-15)14(22)23/h1-4,9-11,13,15,19-21H,(H,22,23)/t9-,10-,11+,13-,15-/m0/s1. The van der Waals surface area contributed by atoms with E-state index in [2.05, 4.69) is 4.98 Å². The molecule has 3 rings (SSSR count). The van der Waals surface area contributed by atoms with Gasteiger partial charge >= 0.3 is 5.97 Å². The second-order valence-corrected chi connectivity index (χ2v) is 6.99. The smallest absolute Gasteiger partial charge is 0.335 e. The molecular formula is C15H13ClINO7. The lowest BCUT2D eigenvalue weighted by Crippen LogP contribution is -2.61. The van der Waals surface area contributed by atoms with Crippen molar-refractivity contribution in [1.82, 2.24) is 4.98 Å². The fourth-order valence-electron chi connectivity index (χ4n) is 2.52. The molecule has 0 saturated carbocycles. The number of halogens is 2. The predicted octanol–water partition coefficient (Wildman–Crippen LogP) is 0.764. The molecule has 5 atom stereocenters. The number of aliphatic carboxylic acids is 1. The number of aromatic nitrogens is 1. The highest BCUT2D eigenvalue weighted by Crippen LogP contribution is 2.36. The molecule has 0 aliphatic carbocycles. The van der Waals surface area contributed by atoms with Crippen molar-refractivity contribution >= 4 is 51.1 Å². The van der Waals surface area contributed by atoms with Crippen molar-refractivity contribution in [3.8, 4) is 5.75 Å². The molecule has 0 spiro atoms. The zero-order valence-corrected chi connectivity index (χ0v) is 15.3. The van der Waals surface area contributed by atoms with Crippen molar-refractivity contribution in [3.63, 3.8) is 0 Å². The summed E-state index contributed by atoms with van der Waals surface area (Å²) in [4.78, 5) is 15.4. The predicted molar refractivity (Wildman–Crippen MR) is 94.4 cm³/mol. The maximum absolute atomic E-state index is 11.2. The Labute approximate surface area is 160 Å². The van der Waals surface area contributed by atoms with Gasteiger partial charge in [-0.2, -0.15) is 0 Å². The van der Waals surface area contributed by atoms with Crippen LogP contribution in [0.25, 0.3) is 10.9 Å². The van der Waals surface area contributed by atoms with Gasteiger partial charge in [-0.1, -0.05) is 11.6 Å². The molecule has 0 unspecified atom stereocenters. The molecule has 0 radical (unpaired) electrons. The Morgan fingerprint density at radius 3 is 2.68 bits per heavy atom. The zero-order valence-electron chi connectivity index (χ0n) is 12.4. The molecule has 2 aromatic rings. The van der Waals surface area contributed by atoms with Gasteiger partial charge in [-0.05, 0) is 40.8 Å². The Bertz CT molecular complexity index is 820. The minimum atomic E-state index is -1.79. The number of pyridine rings is 1. The number of benzene rings is 1. The van der Waals surface area contributed by atoms with Crippen LogP contribution in [-0.2, 0) is 9.53 Å². The molecule has 2 heterocycles. The Kier molecular flexibility index (Phi) is 5.32. The van der Waals surface area contributed by atoms with Crippen LogP contribution in [0.1, 0.15) is 0 Å². The topological polar surface area (TPSA) is 129 Å². The van der Waals surface area contributed by atoms with Gasteiger partial charge in [0.05, 0.1) is 8.59 Å². The van der Waals surface area contributed by atoms with Gasteiger partial charge in [-0.25, -0.2) is 4.79 Å². The summed E-state index contributed by atoms with van der Waals surface area (Å²) in [5.74, 6) is -1.27. The van der Waals surface area contributed by atoms with Crippen molar-refractivity contribution in [2.24, 2.45) is 0 Å². The summed E-state index contributed by atoms with van der Waals surface area (Å²) in [5, 5.41) is 39.8. The highest BCUT2D eigenvalue weighted by Gasteiger charge is 2.48. The van der Waals surface area contributed by atoms with Crippen LogP contribution in [0, 0.1) is 3.57 Å². The third kappa shape index (κ3) is 3.39. The maximum Gasteiger partial charge on any atom is 0.335 e. The first kappa shape index (κ1) is 18.5. The Morgan fingerprint density at radius 2 is 2.00 bits per heavy atom. The maximum atomic E-state index is 11.2. The first-order chi connectivity index (χ1) is 11.8. The Morgan fingerprint density at radius 1 is 1.28 bits per heavy atom. The highest BCUT2D eigenvalue weighted by molar-refractivity contribution is 14.1. The summed E-state index contributed by atoms with van der Waals surface area (Å²) in [7, 11) is 0. The number of rotatable bonds is 3. The molecule has 1 fully saturated rings. The van der Waals surface area contributed by atoms with Gasteiger partial charge in [-0.3, -0.25) is 4.98 Å². The summed E-state index contributed by atoms with van der Waals surface area (Å²) in [5.41, 5.74) is 0.391. The van der Waals surface area contributed by atoms with E-state index in [4.69, 9.17) is 26.2 Å². The number of nitrogens with zero attached hydrogens (tertiary/aromatic N) is 1. The van der Waals surface area contributed by atoms with Gasteiger partial charge in [0.2, 0.25) is 6.29 Å². The molecule has 0 amide bonds. The third-order valence-electron chi connectivity index (χ3n) is 3.80. The fraction of sp³-hybridized carbons (Fsp3) is 0.333. The van der Waals surface area contributed by atoms with E-state index in [1.807, 2.05) is 22.6 Å². The monoisotopic (exact) mass is 481 g/mol. The molecule has 25 heavy (non-hydrogen) atoms. The normalized spacial score (nSPS) is 29.6. The van der Waals surface area contributed by atoms with E-state index in [9.17, 15) is 20.1 Å². The SMILES string of the molecule is O=C(O)[C@H]1O[C@H](Oc2c(I)cc(Cl)c3cccnc23)[C@H](O)[C@@H](O)[C@@H]1O. The molecule has 134 valence electrons. The molecule has 0 bridgehead atoms. The van der Waals surface area contributed by atoms with E-state index in [1.165, 1.54) is 6.20 Å². The second kappa shape index (κ2) is 7.17. The van der Waals surface area contributed by atoms with Gasteiger partial charge in [0.25, 0.3) is 0 Å². The molecule has 1 aliphatic rings. The summed E-state index contributed by atoms with van der Waals surface area (Å²) < 4.78 is 11.3. The first-order valence-electron chi connectivity index (χ1n) is 7.13. The Hall–Kier alpha value is -1.24. The van der Waals surface area contributed by atoms with Crippen LogP contribution in [-0.4, -0.2) is 62.1 Å². The van der Waals surface area contributed by atoms with Crippen LogP contribution in [0.5, 0.6) is 5.75 Å². The molecule has 1 saturated heterocycles. The van der Waals surface area contributed by atoms with Gasteiger partial charge in [0.1, 0.15) is 23.8 Å². The van der Waals surface area contributed by atoms with E-state index in [0.29, 0.717) is 19.5 Å². The molecule has 1 aliphatic heterocycles. The minimum Gasteiger partial charge on any atom is -0.479 e. The highest BCUT2D eigenvalue weighted by atomic mass is 127. The van der Waals surface area contributed by atoms with Crippen LogP contribution < -0.4 is 4.74 Å². The van der Waals surface area contributed by atoms with E-state index in [-0.39, 0.29) is 5.75 Å². The number of carbonyl (C=O) groups is 1. The number of fused-ring (bicyclic) bond motifs is 1. The largest absolute Gasteiger partial charge is 0.479 e. The van der Waals surface area contributed by atoms with Gasteiger partial charge in [-0.15, -0.1) is 0 Å². The number of carboxylic acids is 1. The van der Waals surface area contributed by atoms with E-state index >= 15 is 0 Å². The quantitative estimate of drug-likeness (QED) is 0.473. The zero-order chi connectivity index (χ0) is 18.3. The number of carboxylic acid groups (broad SMARTS) is 1.